The van der Waals surface area contributed by atoms with Gasteiger partial charge >= 0.3 is 5.97 Å². The second-order valence-corrected chi connectivity index (χ2v) is 5.07. The summed E-state index contributed by atoms with van der Waals surface area (Å²) in [5, 5.41) is 0. The van der Waals surface area contributed by atoms with E-state index in [1.54, 1.807) is 6.92 Å². The van der Waals surface area contributed by atoms with Crippen LogP contribution in [0.5, 0.6) is 0 Å². The molecule has 4 heteroatoms. The van der Waals surface area contributed by atoms with Gasteiger partial charge < -0.3 is 4.74 Å². The lowest BCUT2D eigenvalue weighted by molar-refractivity contribution is -0.137. The number of ether oxygens (including phenoxy) is 1. The minimum atomic E-state index is -0.309. The highest BCUT2D eigenvalue weighted by molar-refractivity contribution is 9.11. The number of halogens is 2. The van der Waals surface area contributed by atoms with Crippen molar-refractivity contribution in [1.29, 1.82) is 0 Å². The van der Waals surface area contributed by atoms with Gasteiger partial charge in [0.2, 0.25) is 0 Å². The van der Waals surface area contributed by atoms with Crippen molar-refractivity contribution in [1.82, 2.24) is 0 Å². The summed E-state index contributed by atoms with van der Waals surface area (Å²) in [5.41, 5.74) is 1.86. The van der Waals surface area contributed by atoms with Gasteiger partial charge in [-0.05, 0) is 43.2 Å². The molecule has 1 aromatic rings. The van der Waals surface area contributed by atoms with Crippen molar-refractivity contribution in [2.45, 2.75) is 13.8 Å². The van der Waals surface area contributed by atoms with Gasteiger partial charge in [-0.15, -0.1) is 0 Å². The van der Waals surface area contributed by atoms with Crippen LogP contribution in [-0.4, -0.2) is 12.6 Å². The average Bonchev–Trinajstić information content (AvgIpc) is 2.16. The molecule has 0 radical (unpaired) electrons. The third-order valence-corrected chi connectivity index (χ3v) is 2.85. The third kappa shape index (κ3) is 4.10. The standard InChI is InChI=1S/C12H12Br2O2/c1-3-16-12(15)4-8(2)9-5-10(13)7-11(14)6-9/h4-7H,3H2,1-2H3/b8-4-. The highest BCUT2D eigenvalue weighted by atomic mass is 79.9. The smallest absolute Gasteiger partial charge is 0.331 e. The Morgan fingerprint density at radius 2 is 1.88 bits per heavy atom. The Bertz CT molecular complexity index is 405. The van der Waals surface area contributed by atoms with E-state index in [0.29, 0.717) is 6.61 Å². The van der Waals surface area contributed by atoms with Gasteiger partial charge in [0.15, 0.2) is 0 Å². The van der Waals surface area contributed by atoms with Gasteiger partial charge in [0, 0.05) is 15.0 Å². The predicted octanol–water partition coefficient (Wildman–Crippen LogP) is 4.18. The number of allylic oxidation sites excluding steroid dienone is 1. The largest absolute Gasteiger partial charge is 0.463 e. The van der Waals surface area contributed by atoms with Gasteiger partial charge in [-0.25, -0.2) is 4.79 Å². The Balaban J connectivity index is 2.95. The van der Waals surface area contributed by atoms with Crippen LogP contribution < -0.4 is 0 Å². The third-order valence-electron chi connectivity index (χ3n) is 1.94. The first-order chi connectivity index (χ1) is 7.52. The molecule has 0 unspecified atom stereocenters. The molecule has 0 aliphatic heterocycles. The minimum Gasteiger partial charge on any atom is -0.463 e. The molecule has 16 heavy (non-hydrogen) atoms. The van der Waals surface area contributed by atoms with Gasteiger partial charge in [-0.1, -0.05) is 31.9 Å². The average molecular weight is 348 g/mol. The zero-order chi connectivity index (χ0) is 12.1. The Morgan fingerprint density at radius 3 is 2.38 bits per heavy atom. The van der Waals surface area contributed by atoms with Crippen LogP contribution in [0.25, 0.3) is 5.57 Å². The van der Waals surface area contributed by atoms with E-state index in [2.05, 4.69) is 31.9 Å². The minimum absolute atomic E-state index is 0.309. The van der Waals surface area contributed by atoms with E-state index in [1.165, 1.54) is 6.08 Å². The normalized spacial score (nSPS) is 11.4. The van der Waals surface area contributed by atoms with Crippen molar-refractivity contribution >= 4 is 43.4 Å². The predicted molar refractivity (Wildman–Crippen MR) is 72.1 cm³/mol. The fourth-order valence-electron chi connectivity index (χ4n) is 1.23. The molecule has 0 aliphatic carbocycles. The topological polar surface area (TPSA) is 26.3 Å². The molecule has 86 valence electrons. The van der Waals surface area contributed by atoms with Crippen LogP contribution in [0.2, 0.25) is 0 Å². The fourth-order valence-corrected chi connectivity index (χ4v) is 2.52. The number of carbonyl (C=O) groups is 1. The van der Waals surface area contributed by atoms with E-state index in [9.17, 15) is 4.79 Å². The van der Waals surface area contributed by atoms with Crippen molar-refractivity contribution < 1.29 is 9.53 Å². The van der Waals surface area contributed by atoms with Crippen LogP contribution in [0.15, 0.2) is 33.2 Å². The Kier molecular flexibility index (Phi) is 5.22. The monoisotopic (exact) mass is 346 g/mol. The SMILES string of the molecule is CCOC(=O)/C=C(/C)c1cc(Br)cc(Br)c1. The van der Waals surface area contributed by atoms with E-state index < -0.39 is 0 Å². The molecule has 0 N–H and O–H groups in total. The second kappa shape index (κ2) is 6.21. The molecule has 0 aromatic heterocycles. The molecule has 0 saturated carbocycles. The van der Waals surface area contributed by atoms with Gasteiger partial charge in [0.05, 0.1) is 6.61 Å². The number of rotatable bonds is 3. The lowest BCUT2D eigenvalue weighted by Crippen LogP contribution is -2.00. The van der Waals surface area contributed by atoms with Gasteiger partial charge in [0.1, 0.15) is 0 Å². The first-order valence-electron chi connectivity index (χ1n) is 4.84. The highest BCUT2D eigenvalue weighted by Gasteiger charge is 2.03. The fraction of sp³-hybridized carbons (Fsp3) is 0.250. The van der Waals surface area contributed by atoms with E-state index in [4.69, 9.17) is 4.74 Å². The first-order valence-corrected chi connectivity index (χ1v) is 6.43. The molecular weight excluding hydrogens is 336 g/mol. The summed E-state index contributed by atoms with van der Waals surface area (Å²) in [5.74, 6) is -0.309. The van der Waals surface area contributed by atoms with E-state index in [1.807, 2.05) is 25.1 Å². The maximum Gasteiger partial charge on any atom is 0.331 e. The molecule has 0 bridgehead atoms. The number of hydrogen-bond donors (Lipinski definition) is 0. The summed E-state index contributed by atoms with van der Waals surface area (Å²) in [7, 11) is 0. The quantitative estimate of drug-likeness (QED) is 0.605. The van der Waals surface area contributed by atoms with Crippen molar-refractivity contribution in [3.8, 4) is 0 Å². The zero-order valence-corrected chi connectivity index (χ0v) is 12.3. The molecule has 0 fully saturated rings. The molecule has 0 atom stereocenters. The summed E-state index contributed by atoms with van der Waals surface area (Å²) in [6, 6.07) is 5.85. The maximum absolute atomic E-state index is 11.3. The van der Waals surface area contributed by atoms with Crippen molar-refractivity contribution in [3.63, 3.8) is 0 Å². The summed E-state index contributed by atoms with van der Waals surface area (Å²) in [4.78, 5) is 11.3. The zero-order valence-electron chi connectivity index (χ0n) is 9.09. The first kappa shape index (κ1) is 13.5. The van der Waals surface area contributed by atoms with E-state index in [0.717, 1.165) is 20.1 Å². The summed E-state index contributed by atoms with van der Waals surface area (Å²) < 4.78 is 6.79. The number of benzene rings is 1. The van der Waals surface area contributed by atoms with Crippen LogP contribution in [-0.2, 0) is 9.53 Å². The second-order valence-electron chi connectivity index (χ2n) is 3.24. The van der Waals surface area contributed by atoms with Crippen LogP contribution in [0.3, 0.4) is 0 Å². The van der Waals surface area contributed by atoms with Gasteiger partial charge in [-0.3, -0.25) is 0 Å². The number of hydrogen-bond acceptors (Lipinski definition) is 2. The van der Waals surface area contributed by atoms with Crippen LogP contribution in [0, 0.1) is 0 Å². The van der Waals surface area contributed by atoms with E-state index in [-0.39, 0.29) is 5.97 Å². The number of carbonyl (C=O) groups excluding carboxylic acids is 1. The molecule has 0 heterocycles. The van der Waals surface area contributed by atoms with Crippen LogP contribution in [0.4, 0.5) is 0 Å². The lowest BCUT2D eigenvalue weighted by Gasteiger charge is -2.04. The highest BCUT2D eigenvalue weighted by Crippen LogP contribution is 2.24. The van der Waals surface area contributed by atoms with Crippen molar-refractivity contribution in [3.05, 3.63) is 38.8 Å². The Hall–Kier alpha value is -0.610. The van der Waals surface area contributed by atoms with Crippen molar-refractivity contribution in [2.24, 2.45) is 0 Å². The molecule has 0 saturated heterocycles. The van der Waals surface area contributed by atoms with Gasteiger partial charge in [-0.2, -0.15) is 0 Å². The summed E-state index contributed by atoms with van der Waals surface area (Å²) >= 11 is 6.81. The Labute approximate surface area is 112 Å². The molecule has 0 amide bonds. The van der Waals surface area contributed by atoms with Crippen molar-refractivity contribution in [2.75, 3.05) is 6.61 Å². The molecular formula is C12H12Br2O2. The maximum atomic E-state index is 11.3. The lowest BCUT2D eigenvalue weighted by atomic mass is 10.1. The molecule has 0 aliphatic rings. The summed E-state index contributed by atoms with van der Waals surface area (Å²) in [6.45, 7) is 4.06. The summed E-state index contributed by atoms with van der Waals surface area (Å²) in [6.07, 6.45) is 1.50. The number of esters is 1. The van der Waals surface area contributed by atoms with E-state index >= 15 is 0 Å². The molecule has 2 nitrogen and oxygen atoms in total. The molecule has 1 aromatic carbocycles. The van der Waals surface area contributed by atoms with Crippen LogP contribution in [0.1, 0.15) is 19.4 Å². The molecule has 0 spiro atoms. The molecule has 1 rings (SSSR count). The van der Waals surface area contributed by atoms with Gasteiger partial charge in [0.25, 0.3) is 0 Å². The Morgan fingerprint density at radius 1 is 1.31 bits per heavy atom. The van der Waals surface area contributed by atoms with Crippen LogP contribution >= 0.6 is 31.9 Å².